The van der Waals surface area contributed by atoms with Crippen LogP contribution >= 0.6 is 0 Å². The first-order chi connectivity index (χ1) is 4.66. The van der Waals surface area contributed by atoms with Crippen LogP contribution in [0.4, 0.5) is 0 Å². The van der Waals surface area contributed by atoms with Crippen molar-refractivity contribution in [2.24, 2.45) is 5.92 Å². The Morgan fingerprint density at radius 3 is 2.55 bits per heavy atom. The molecule has 11 heavy (non-hydrogen) atoms. The third-order valence-electron chi connectivity index (χ3n) is 1.57. The zero-order valence-corrected chi connectivity index (χ0v) is 9.76. The molecular formula is C8H17NaO2. The number of carboxylic acids is 1. The molecule has 1 unspecified atom stereocenters. The molecule has 3 heteroatoms. The topological polar surface area (TPSA) is 37.3 Å². The fourth-order valence-electron chi connectivity index (χ4n) is 0.953. The van der Waals surface area contributed by atoms with Gasteiger partial charge in [0.05, 0.1) is 0 Å². The molecule has 0 heterocycles. The van der Waals surface area contributed by atoms with Crippen LogP contribution in [0.25, 0.3) is 0 Å². The summed E-state index contributed by atoms with van der Waals surface area (Å²) < 4.78 is 0. The van der Waals surface area contributed by atoms with Gasteiger partial charge in [0.15, 0.2) is 0 Å². The minimum Gasteiger partial charge on any atom is -1.00 e. The van der Waals surface area contributed by atoms with E-state index in [4.69, 9.17) is 5.11 Å². The second-order valence-electron chi connectivity index (χ2n) is 2.85. The van der Waals surface area contributed by atoms with Crippen molar-refractivity contribution >= 4 is 5.97 Å². The van der Waals surface area contributed by atoms with E-state index in [-0.39, 0.29) is 31.0 Å². The average Bonchev–Trinajstić information content (AvgIpc) is 1.82. The minimum atomic E-state index is -0.677. The molecule has 0 aliphatic carbocycles. The second-order valence-corrected chi connectivity index (χ2v) is 2.85. The molecule has 0 aromatic heterocycles. The van der Waals surface area contributed by atoms with Crippen molar-refractivity contribution in [3.8, 4) is 0 Å². The molecule has 1 N–H and O–H groups in total. The van der Waals surface area contributed by atoms with Crippen LogP contribution in [0.5, 0.6) is 0 Å². The number of carboxylic acid groups (broad SMARTS) is 1. The maximum Gasteiger partial charge on any atom is 1.00 e. The Balaban J connectivity index is -0.000000405. The SMILES string of the molecule is CCCCC(C)CC(=O)O.[H-].[Na+]. The average molecular weight is 168 g/mol. The Kier molecular flexibility index (Phi) is 10.9. The van der Waals surface area contributed by atoms with Crippen molar-refractivity contribution in [2.45, 2.75) is 39.5 Å². The first kappa shape index (κ1) is 14.0. The van der Waals surface area contributed by atoms with Gasteiger partial charge in [-0.15, -0.1) is 0 Å². The molecule has 0 amide bonds. The van der Waals surface area contributed by atoms with Gasteiger partial charge in [-0.05, 0) is 5.92 Å². The van der Waals surface area contributed by atoms with E-state index >= 15 is 0 Å². The Hall–Kier alpha value is 0.470. The number of rotatable bonds is 5. The maximum absolute atomic E-state index is 10.2. The predicted octanol–water partition coefficient (Wildman–Crippen LogP) is -0.596. The second kappa shape index (κ2) is 8.57. The molecule has 0 rings (SSSR count). The van der Waals surface area contributed by atoms with Crippen LogP contribution < -0.4 is 29.6 Å². The fourth-order valence-corrected chi connectivity index (χ4v) is 0.953. The van der Waals surface area contributed by atoms with Crippen LogP contribution in [0.2, 0.25) is 0 Å². The van der Waals surface area contributed by atoms with Gasteiger partial charge < -0.3 is 6.53 Å². The van der Waals surface area contributed by atoms with Crippen molar-refractivity contribution < 1.29 is 40.9 Å². The molecule has 0 radical (unpaired) electrons. The molecule has 0 aromatic rings. The van der Waals surface area contributed by atoms with Gasteiger partial charge in [0.2, 0.25) is 0 Å². The van der Waals surface area contributed by atoms with E-state index in [0.717, 1.165) is 19.3 Å². The molecule has 1 atom stereocenters. The van der Waals surface area contributed by atoms with Gasteiger partial charge in [-0.3, -0.25) is 4.79 Å². The van der Waals surface area contributed by atoms with Crippen molar-refractivity contribution in [1.29, 1.82) is 0 Å². The van der Waals surface area contributed by atoms with Gasteiger partial charge in [0.1, 0.15) is 0 Å². The number of carbonyl (C=O) groups is 1. The number of unbranched alkanes of at least 4 members (excludes halogenated alkanes) is 1. The summed E-state index contributed by atoms with van der Waals surface area (Å²) in [5, 5.41) is 8.38. The molecule has 0 aliphatic rings. The van der Waals surface area contributed by atoms with Gasteiger partial charge in [0.25, 0.3) is 0 Å². The standard InChI is InChI=1S/C8H16O2.Na.H/c1-3-4-5-7(2)6-8(9)10;;/h7H,3-6H2,1-2H3,(H,9,10);;/q;+1;-1. The predicted molar refractivity (Wildman–Crippen MR) is 42.1 cm³/mol. The number of hydrogen-bond donors (Lipinski definition) is 1. The smallest absolute Gasteiger partial charge is 1.00 e. The first-order valence-electron chi connectivity index (χ1n) is 3.88. The fraction of sp³-hybridized carbons (Fsp3) is 0.875. The van der Waals surface area contributed by atoms with Crippen LogP contribution in [-0.2, 0) is 4.79 Å². The molecule has 0 saturated carbocycles. The van der Waals surface area contributed by atoms with E-state index in [1.54, 1.807) is 0 Å². The molecular weight excluding hydrogens is 151 g/mol. The summed E-state index contributed by atoms with van der Waals surface area (Å²) >= 11 is 0. The Morgan fingerprint density at radius 1 is 1.64 bits per heavy atom. The molecule has 0 fully saturated rings. The minimum absolute atomic E-state index is 0. The maximum atomic E-state index is 10.2. The molecule has 0 aliphatic heterocycles. The van der Waals surface area contributed by atoms with Crippen molar-refractivity contribution in [2.75, 3.05) is 0 Å². The molecule has 2 nitrogen and oxygen atoms in total. The van der Waals surface area contributed by atoms with Crippen molar-refractivity contribution in [1.82, 2.24) is 0 Å². The summed E-state index contributed by atoms with van der Waals surface area (Å²) in [5.74, 6) is -0.332. The first-order valence-corrected chi connectivity index (χ1v) is 3.88. The van der Waals surface area contributed by atoms with E-state index in [0.29, 0.717) is 12.3 Å². The van der Waals surface area contributed by atoms with Crippen LogP contribution in [0, 0.1) is 5.92 Å². The van der Waals surface area contributed by atoms with E-state index in [1.807, 2.05) is 6.92 Å². The molecule has 0 aromatic carbocycles. The molecule has 0 saturated heterocycles. The Morgan fingerprint density at radius 2 is 2.18 bits per heavy atom. The monoisotopic (exact) mass is 168 g/mol. The third kappa shape index (κ3) is 10.5. The quantitative estimate of drug-likeness (QED) is 0.557. The van der Waals surface area contributed by atoms with Gasteiger partial charge in [-0.2, -0.15) is 0 Å². The van der Waals surface area contributed by atoms with Gasteiger partial charge >= 0.3 is 35.5 Å². The summed E-state index contributed by atoms with van der Waals surface area (Å²) in [7, 11) is 0. The van der Waals surface area contributed by atoms with E-state index < -0.39 is 5.97 Å². The Bertz CT molecular complexity index is 109. The molecule has 62 valence electrons. The summed E-state index contributed by atoms with van der Waals surface area (Å²) in [5.41, 5.74) is 0. The zero-order valence-electron chi connectivity index (χ0n) is 8.76. The summed E-state index contributed by atoms with van der Waals surface area (Å²) in [4.78, 5) is 10.2. The summed E-state index contributed by atoms with van der Waals surface area (Å²) in [6, 6.07) is 0. The van der Waals surface area contributed by atoms with E-state index in [1.165, 1.54) is 0 Å². The number of hydrogen-bond acceptors (Lipinski definition) is 1. The van der Waals surface area contributed by atoms with Crippen LogP contribution in [0.15, 0.2) is 0 Å². The van der Waals surface area contributed by atoms with Crippen LogP contribution in [-0.4, -0.2) is 11.1 Å². The van der Waals surface area contributed by atoms with Crippen LogP contribution in [0.3, 0.4) is 0 Å². The number of aliphatic carboxylic acids is 1. The van der Waals surface area contributed by atoms with Crippen molar-refractivity contribution in [3.63, 3.8) is 0 Å². The summed E-state index contributed by atoms with van der Waals surface area (Å²) in [6.07, 6.45) is 3.67. The summed E-state index contributed by atoms with van der Waals surface area (Å²) in [6.45, 7) is 4.11. The van der Waals surface area contributed by atoms with Crippen molar-refractivity contribution in [3.05, 3.63) is 0 Å². The normalized spacial score (nSPS) is 11.8. The largest absolute Gasteiger partial charge is 1.00 e. The van der Waals surface area contributed by atoms with E-state index in [9.17, 15) is 4.79 Å². The third-order valence-corrected chi connectivity index (χ3v) is 1.57. The molecule has 0 spiro atoms. The Labute approximate surface area is 92.1 Å². The zero-order chi connectivity index (χ0) is 7.98. The van der Waals surface area contributed by atoms with Crippen LogP contribution in [0.1, 0.15) is 41.0 Å². The van der Waals surface area contributed by atoms with E-state index in [2.05, 4.69) is 6.92 Å². The van der Waals surface area contributed by atoms with Gasteiger partial charge in [0, 0.05) is 6.42 Å². The van der Waals surface area contributed by atoms with Gasteiger partial charge in [-0.25, -0.2) is 0 Å². The molecule has 0 bridgehead atoms. The van der Waals surface area contributed by atoms with Gasteiger partial charge in [-0.1, -0.05) is 33.1 Å².